The zero-order valence-corrected chi connectivity index (χ0v) is 11.2. The van der Waals surface area contributed by atoms with E-state index in [9.17, 15) is 23.1 Å². The molecule has 0 radical (unpaired) electrons. The molecule has 0 aromatic heterocycles. The first-order chi connectivity index (χ1) is 9.75. The molecule has 2 unspecified atom stereocenters. The SMILES string of the molecule is CC1CCN(c2ccc(C#N)c(C(F)(F)F)c2)C1C(=O)O. The molecule has 7 heteroatoms. The normalized spacial score (nSPS) is 22.1. The summed E-state index contributed by atoms with van der Waals surface area (Å²) in [4.78, 5) is 12.7. The quantitative estimate of drug-likeness (QED) is 0.912. The van der Waals surface area contributed by atoms with Crippen molar-refractivity contribution in [3.63, 3.8) is 0 Å². The summed E-state index contributed by atoms with van der Waals surface area (Å²) in [5.41, 5.74) is -1.32. The Morgan fingerprint density at radius 1 is 1.48 bits per heavy atom. The molecule has 4 nitrogen and oxygen atoms in total. The summed E-state index contributed by atoms with van der Waals surface area (Å²) in [6, 6.07) is 3.96. The fourth-order valence-corrected chi connectivity index (χ4v) is 2.66. The highest BCUT2D eigenvalue weighted by Crippen LogP contribution is 2.37. The molecule has 1 aliphatic heterocycles. The third-order valence-electron chi connectivity index (χ3n) is 3.71. The Labute approximate surface area is 119 Å². The average Bonchev–Trinajstić information content (AvgIpc) is 2.79. The van der Waals surface area contributed by atoms with E-state index in [2.05, 4.69) is 0 Å². The number of rotatable bonds is 2. The molecule has 1 N–H and O–H groups in total. The van der Waals surface area contributed by atoms with Gasteiger partial charge in [0.2, 0.25) is 0 Å². The first-order valence-electron chi connectivity index (χ1n) is 6.36. The summed E-state index contributed by atoms with van der Waals surface area (Å²) in [6.07, 6.45) is -4.05. The predicted octanol–water partition coefficient (Wildman–Crippen LogP) is 2.88. The first-order valence-corrected chi connectivity index (χ1v) is 6.36. The van der Waals surface area contributed by atoms with Crippen LogP contribution >= 0.6 is 0 Å². The molecule has 1 heterocycles. The van der Waals surface area contributed by atoms with Gasteiger partial charge < -0.3 is 10.0 Å². The van der Waals surface area contributed by atoms with Crippen LogP contribution in [0.5, 0.6) is 0 Å². The summed E-state index contributed by atoms with van der Waals surface area (Å²) in [7, 11) is 0. The smallest absolute Gasteiger partial charge is 0.417 e. The van der Waals surface area contributed by atoms with Gasteiger partial charge in [0.25, 0.3) is 0 Å². The lowest BCUT2D eigenvalue weighted by Crippen LogP contribution is -2.39. The van der Waals surface area contributed by atoms with Gasteiger partial charge in [-0.2, -0.15) is 18.4 Å². The van der Waals surface area contributed by atoms with Crippen LogP contribution in [0.25, 0.3) is 0 Å². The number of nitriles is 1. The standard InChI is InChI=1S/C14H13F3N2O2/c1-8-4-5-19(12(8)13(20)21)10-3-2-9(7-18)11(6-10)14(15,16)17/h2-3,6,8,12H,4-5H2,1H3,(H,20,21). The molecule has 1 saturated heterocycles. The van der Waals surface area contributed by atoms with Crippen molar-refractivity contribution in [2.75, 3.05) is 11.4 Å². The van der Waals surface area contributed by atoms with Gasteiger partial charge in [0.1, 0.15) is 6.04 Å². The van der Waals surface area contributed by atoms with Gasteiger partial charge in [0.05, 0.1) is 17.2 Å². The van der Waals surface area contributed by atoms with Gasteiger partial charge in [0.15, 0.2) is 0 Å². The molecule has 0 spiro atoms. The lowest BCUT2D eigenvalue weighted by molar-refractivity contribution is -0.139. The Kier molecular flexibility index (Phi) is 3.81. The number of carbonyl (C=O) groups is 1. The largest absolute Gasteiger partial charge is 0.480 e. The summed E-state index contributed by atoms with van der Waals surface area (Å²) < 4.78 is 38.8. The first kappa shape index (κ1) is 15.2. The highest BCUT2D eigenvalue weighted by molar-refractivity contribution is 5.79. The van der Waals surface area contributed by atoms with Crippen molar-refractivity contribution in [3.05, 3.63) is 29.3 Å². The van der Waals surface area contributed by atoms with E-state index in [1.165, 1.54) is 17.0 Å². The minimum atomic E-state index is -4.65. The number of alkyl halides is 3. The predicted molar refractivity (Wildman–Crippen MR) is 68.7 cm³/mol. The van der Waals surface area contributed by atoms with E-state index >= 15 is 0 Å². The van der Waals surface area contributed by atoms with Crippen molar-refractivity contribution in [1.29, 1.82) is 5.26 Å². The summed E-state index contributed by atoms with van der Waals surface area (Å²) in [5.74, 6) is -1.20. The van der Waals surface area contributed by atoms with E-state index in [4.69, 9.17) is 5.26 Å². The Hall–Kier alpha value is -2.23. The van der Waals surface area contributed by atoms with Crippen LogP contribution in [-0.4, -0.2) is 23.7 Å². The van der Waals surface area contributed by atoms with Crippen molar-refractivity contribution in [2.24, 2.45) is 5.92 Å². The zero-order valence-electron chi connectivity index (χ0n) is 11.2. The number of benzene rings is 1. The maximum atomic E-state index is 12.9. The summed E-state index contributed by atoms with van der Waals surface area (Å²) in [5, 5.41) is 18.0. The van der Waals surface area contributed by atoms with Crippen LogP contribution in [0.4, 0.5) is 18.9 Å². The highest BCUT2D eigenvalue weighted by atomic mass is 19.4. The number of anilines is 1. The van der Waals surface area contributed by atoms with E-state index in [0.717, 1.165) is 12.1 Å². The number of carboxylic acid groups (broad SMARTS) is 1. The second-order valence-electron chi connectivity index (χ2n) is 5.08. The zero-order chi connectivity index (χ0) is 15.8. The van der Waals surface area contributed by atoms with Gasteiger partial charge in [0, 0.05) is 12.2 Å². The number of halogens is 3. The van der Waals surface area contributed by atoms with E-state index in [1.807, 2.05) is 0 Å². The van der Waals surface area contributed by atoms with E-state index in [0.29, 0.717) is 13.0 Å². The molecule has 2 atom stereocenters. The van der Waals surface area contributed by atoms with Crippen LogP contribution in [0.2, 0.25) is 0 Å². The molecule has 21 heavy (non-hydrogen) atoms. The van der Waals surface area contributed by atoms with Crippen LogP contribution in [0, 0.1) is 17.2 Å². The van der Waals surface area contributed by atoms with E-state index < -0.39 is 29.3 Å². The Morgan fingerprint density at radius 2 is 2.14 bits per heavy atom. The van der Waals surface area contributed by atoms with Crippen LogP contribution in [-0.2, 0) is 11.0 Å². The Balaban J connectivity index is 2.46. The van der Waals surface area contributed by atoms with Crippen molar-refractivity contribution in [1.82, 2.24) is 0 Å². The molecule has 1 aromatic rings. The van der Waals surface area contributed by atoms with Crippen LogP contribution in [0.1, 0.15) is 24.5 Å². The number of hydrogen-bond acceptors (Lipinski definition) is 3. The third-order valence-corrected chi connectivity index (χ3v) is 3.71. The second-order valence-corrected chi connectivity index (χ2v) is 5.08. The highest BCUT2D eigenvalue weighted by Gasteiger charge is 2.39. The van der Waals surface area contributed by atoms with Crippen LogP contribution in [0.15, 0.2) is 18.2 Å². The number of hydrogen-bond donors (Lipinski definition) is 1. The number of nitrogens with zero attached hydrogens (tertiary/aromatic N) is 2. The minimum Gasteiger partial charge on any atom is -0.480 e. The van der Waals surface area contributed by atoms with Crippen molar-refractivity contribution < 1.29 is 23.1 Å². The van der Waals surface area contributed by atoms with Crippen molar-refractivity contribution >= 4 is 11.7 Å². The average molecular weight is 298 g/mol. The Morgan fingerprint density at radius 3 is 2.67 bits per heavy atom. The fraction of sp³-hybridized carbons (Fsp3) is 0.429. The molecular weight excluding hydrogens is 285 g/mol. The van der Waals surface area contributed by atoms with Gasteiger partial charge in [-0.05, 0) is 30.5 Å². The summed E-state index contributed by atoms with van der Waals surface area (Å²) >= 11 is 0. The van der Waals surface area contributed by atoms with Gasteiger partial charge >= 0.3 is 12.1 Å². The molecule has 112 valence electrons. The molecule has 1 aliphatic rings. The third kappa shape index (κ3) is 2.79. The molecule has 0 saturated carbocycles. The maximum absolute atomic E-state index is 12.9. The number of aliphatic carboxylic acids is 1. The van der Waals surface area contributed by atoms with Gasteiger partial charge in [-0.25, -0.2) is 4.79 Å². The summed E-state index contributed by atoms with van der Waals surface area (Å²) in [6.45, 7) is 2.13. The fourth-order valence-electron chi connectivity index (χ4n) is 2.66. The molecule has 0 aliphatic carbocycles. The van der Waals surface area contributed by atoms with E-state index in [-0.39, 0.29) is 11.6 Å². The molecule has 0 bridgehead atoms. The van der Waals surface area contributed by atoms with Crippen LogP contribution < -0.4 is 4.90 Å². The van der Waals surface area contributed by atoms with E-state index in [1.54, 1.807) is 6.92 Å². The number of carboxylic acids is 1. The van der Waals surface area contributed by atoms with Gasteiger partial charge in [-0.1, -0.05) is 6.92 Å². The van der Waals surface area contributed by atoms with Gasteiger partial charge in [-0.3, -0.25) is 0 Å². The lowest BCUT2D eigenvalue weighted by Gasteiger charge is -2.26. The molecule has 2 rings (SSSR count). The second kappa shape index (κ2) is 5.28. The molecular formula is C14H13F3N2O2. The molecule has 1 aromatic carbocycles. The monoisotopic (exact) mass is 298 g/mol. The topological polar surface area (TPSA) is 64.3 Å². The van der Waals surface area contributed by atoms with Gasteiger partial charge in [-0.15, -0.1) is 0 Å². The van der Waals surface area contributed by atoms with Crippen LogP contribution in [0.3, 0.4) is 0 Å². The Bertz CT molecular complexity index is 607. The van der Waals surface area contributed by atoms with Crippen molar-refractivity contribution in [2.45, 2.75) is 25.6 Å². The maximum Gasteiger partial charge on any atom is 0.417 e. The molecule has 0 amide bonds. The van der Waals surface area contributed by atoms with Crippen molar-refractivity contribution in [3.8, 4) is 6.07 Å². The lowest BCUT2D eigenvalue weighted by atomic mass is 10.0. The minimum absolute atomic E-state index is 0.146. The molecule has 1 fully saturated rings.